The van der Waals surface area contributed by atoms with Crippen LogP contribution >= 0.6 is 0 Å². The Morgan fingerprint density at radius 1 is 1.40 bits per heavy atom. The molecule has 0 bridgehead atoms. The zero-order valence-corrected chi connectivity index (χ0v) is 14.5. The summed E-state index contributed by atoms with van der Waals surface area (Å²) in [6.45, 7) is 2.21. The standard InChI is InChI=1S/C16H25FN4O4/c1-2-12-19-14(25-20-12)5-6-15(23)21-10-16(24,11-21)7-9-18-13(22)4-3-8-17/h24H,2-11H2,1H3,(H,18,22). The molecule has 0 aliphatic carbocycles. The van der Waals surface area contributed by atoms with Gasteiger partial charge in [0.2, 0.25) is 17.7 Å². The van der Waals surface area contributed by atoms with E-state index in [1.54, 1.807) is 4.90 Å². The molecule has 2 N–H and O–H groups in total. The third kappa shape index (κ3) is 5.77. The molecule has 0 radical (unpaired) electrons. The fourth-order valence-corrected chi connectivity index (χ4v) is 2.66. The largest absolute Gasteiger partial charge is 0.386 e. The number of aliphatic hydroxyl groups is 1. The van der Waals surface area contributed by atoms with Gasteiger partial charge < -0.3 is 19.8 Å². The monoisotopic (exact) mass is 356 g/mol. The number of hydrogen-bond donors (Lipinski definition) is 2. The van der Waals surface area contributed by atoms with Crippen LogP contribution in [-0.4, -0.2) is 63.9 Å². The van der Waals surface area contributed by atoms with E-state index < -0.39 is 12.3 Å². The van der Waals surface area contributed by atoms with Crippen LogP contribution in [0.15, 0.2) is 4.52 Å². The molecule has 0 saturated carbocycles. The molecular formula is C16H25FN4O4. The molecule has 1 aliphatic heterocycles. The molecule has 0 atom stereocenters. The molecule has 2 heterocycles. The second kappa shape index (κ2) is 8.89. The highest BCUT2D eigenvalue weighted by atomic mass is 19.1. The van der Waals surface area contributed by atoms with Gasteiger partial charge in [0.1, 0.15) is 5.60 Å². The third-order valence-corrected chi connectivity index (χ3v) is 4.15. The molecular weight excluding hydrogens is 331 g/mol. The van der Waals surface area contributed by atoms with Crippen LogP contribution in [0.1, 0.15) is 44.3 Å². The highest BCUT2D eigenvalue weighted by Gasteiger charge is 2.42. The fourth-order valence-electron chi connectivity index (χ4n) is 2.66. The minimum atomic E-state index is -0.969. The fraction of sp³-hybridized carbons (Fsp3) is 0.750. The zero-order valence-electron chi connectivity index (χ0n) is 14.5. The summed E-state index contributed by atoms with van der Waals surface area (Å²) in [7, 11) is 0. The normalized spacial score (nSPS) is 15.7. The van der Waals surface area contributed by atoms with Crippen molar-refractivity contribution in [3.8, 4) is 0 Å². The molecule has 8 nitrogen and oxygen atoms in total. The molecule has 1 aliphatic rings. The van der Waals surface area contributed by atoms with Gasteiger partial charge in [0.05, 0.1) is 19.8 Å². The van der Waals surface area contributed by atoms with E-state index in [9.17, 15) is 19.1 Å². The number of nitrogens with one attached hydrogen (secondary N) is 1. The number of rotatable bonds is 10. The number of aryl methyl sites for hydroxylation is 2. The molecule has 0 unspecified atom stereocenters. The average molecular weight is 356 g/mol. The number of likely N-dealkylation sites (tertiary alicyclic amines) is 1. The van der Waals surface area contributed by atoms with E-state index in [0.717, 1.165) is 0 Å². The van der Waals surface area contributed by atoms with Gasteiger partial charge in [-0.25, -0.2) is 0 Å². The van der Waals surface area contributed by atoms with E-state index in [1.807, 2.05) is 6.92 Å². The van der Waals surface area contributed by atoms with Crippen molar-refractivity contribution in [3.63, 3.8) is 0 Å². The number of β-amino-alcohol motifs (C(OH)–C–C–N with tert-alkyl or cyclic N) is 1. The quantitative estimate of drug-likeness (QED) is 0.628. The van der Waals surface area contributed by atoms with Crippen molar-refractivity contribution >= 4 is 11.8 Å². The smallest absolute Gasteiger partial charge is 0.227 e. The summed E-state index contributed by atoms with van der Waals surface area (Å²) in [4.78, 5) is 29.2. The summed E-state index contributed by atoms with van der Waals surface area (Å²) in [6, 6.07) is 0. The number of halogens is 1. The molecule has 0 aromatic carbocycles. The van der Waals surface area contributed by atoms with E-state index in [-0.39, 0.29) is 44.2 Å². The lowest BCUT2D eigenvalue weighted by Crippen LogP contribution is -2.64. The van der Waals surface area contributed by atoms with Crippen molar-refractivity contribution in [2.45, 2.75) is 51.0 Å². The lowest BCUT2D eigenvalue weighted by atomic mass is 9.90. The lowest BCUT2D eigenvalue weighted by molar-refractivity contribution is -0.156. The molecule has 25 heavy (non-hydrogen) atoms. The minimum Gasteiger partial charge on any atom is -0.386 e. The Hall–Kier alpha value is -2.03. The van der Waals surface area contributed by atoms with Crippen LogP contribution in [0.25, 0.3) is 0 Å². The molecule has 9 heteroatoms. The zero-order chi connectivity index (χ0) is 18.3. The van der Waals surface area contributed by atoms with Gasteiger partial charge in [-0.05, 0) is 12.8 Å². The first kappa shape index (κ1) is 19.3. The Kier molecular flexibility index (Phi) is 6.86. The Morgan fingerprint density at radius 3 is 2.80 bits per heavy atom. The number of hydrogen-bond acceptors (Lipinski definition) is 6. The van der Waals surface area contributed by atoms with E-state index in [2.05, 4.69) is 15.5 Å². The SMILES string of the molecule is CCc1noc(CCC(=O)N2CC(O)(CCNC(=O)CCCF)C2)n1. The van der Waals surface area contributed by atoms with Crippen molar-refractivity contribution in [1.29, 1.82) is 0 Å². The van der Waals surface area contributed by atoms with Crippen LogP contribution in [0.4, 0.5) is 4.39 Å². The van der Waals surface area contributed by atoms with Crippen LogP contribution in [0, 0.1) is 0 Å². The number of nitrogens with zero attached hydrogens (tertiary/aromatic N) is 3. The highest BCUT2D eigenvalue weighted by Crippen LogP contribution is 2.25. The van der Waals surface area contributed by atoms with Crippen molar-refractivity contribution in [2.24, 2.45) is 0 Å². The predicted molar refractivity (Wildman–Crippen MR) is 86.4 cm³/mol. The van der Waals surface area contributed by atoms with E-state index in [1.165, 1.54) is 0 Å². The van der Waals surface area contributed by atoms with Gasteiger partial charge >= 0.3 is 0 Å². The summed E-state index contributed by atoms with van der Waals surface area (Å²) < 4.78 is 17.0. The first-order valence-electron chi connectivity index (χ1n) is 8.60. The van der Waals surface area contributed by atoms with Gasteiger partial charge in [0, 0.05) is 32.2 Å². The van der Waals surface area contributed by atoms with Crippen molar-refractivity contribution in [3.05, 3.63) is 11.7 Å². The van der Waals surface area contributed by atoms with Gasteiger partial charge in [0.15, 0.2) is 5.82 Å². The van der Waals surface area contributed by atoms with E-state index in [0.29, 0.717) is 37.5 Å². The lowest BCUT2D eigenvalue weighted by Gasteiger charge is -2.46. The summed E-state index contributed by atoms with van der Waals surface area (Å²) in [6.07, 6.45) is 2.03. The maximum Gasteiger partial charge on any atom is 0.227 e. The molecule has 2 amide bonds. The third-order valence-electron chi connectivity index (χ3n) is 4.15. The van der Waals surface area contributed by atoms with Crippen LogP contribution in [0.3, 0.4) is 0 Å². The van der Waals surface area contributed by atoms with E-state index in [4.69, 9.17) is 4.52 Å². The number of alkyl halides is 1. The Bertz CT molecular complexity index is 586. The predicted octanol–water partition coefficient (Wildman–Crippen LogP) is 0.394. The molecule has 2 rings (SSSR count). The maximum atomic E-state index is 12.1. The number of carbonyl (C=O) groups is 2. The molecule has 140 valence electrons. The van der Waals surface area contributed by atoms with Crippen LogP contribution in [-0.2, 0) is 22.4 Å². The van der Waals surface area contributed by atoms with Gasteiger partial charge in [-0.3, -0.25) is 14.0 Å². The molecule has 1 aromatic rings. The summed E-state index contributed by atoms with van der Waals surface area (Å²) in [5.41, 5.74) is -0.969. The van der Waals surface area contributed by atoms with Crippen LogP contribution in [0.5, 0.6) is 0 Å². The number of aromatic nitrogens is 2. The Morgan fingerprint density at radius 2 is 2.16 bits per heavy atom. The Balaban J connectivity index is 1.62. The second-order valence-corrected chi connectivity index (χ2v) is 6.32. The minimum absolute atomic E-state index is 0.0760. The van der Waals surface area contributed by atoms with Crippen molar-refractivity contribution < 1.29 is 23.6 Å². The van der Waals surface area contributed by atoms with Gasteiger partial charge in [-0.15, -0.1) is 0 Å². The number of carbonyl (C=O) groups excluding carboxylic acids is 2. The summed E-state index contributed by atoms with van der Waals surface area (Å²) in [5.74, 6) is 0.763. The molecule has 0 spiro atoms. The van der Waals surface area contributed by atoms with Gasteiger partial charge in [-0.2, -0.15) is 4.98 Å². The maximum absolute atomic E-state index is 12.1. The first-order chi connectivity index (χ1) is 12.0. The van der Waals surface area contributed by atoms with Gasteiger partial charge in [-0.1, -0.05) is 12.1 Å². The molecule has 1 saturated heterocycles. The second-order valence-electron chi connectivity index (χ2n) is 6.32. The van der Waals surface area contributed by atoms with Crippen molar-refractivity contribution in [1.82, 2.24) is 20.4 Å². The van der Waals surface area contributed by atoms with Crippen molar-refractivity contribution in [2.75, 3.05) is 26.3 Å². The molecule has 1 aromatic heterocycles. The Labute approximate surface area is 145 Å². The average Bonchev–Trinajstić information content (AvgIpc) is 3.03. The van der Waals surface area contributed by atoms with Gasteiger partial charge in [0.25, 0.3) is 0 Å². The van der Waals surface area contributed by atoms with Crippen LogP contribution < -0.4 is 5.32 Å². The van der Waals surface area contributed by atoms with E-state index >= 15 is 0 Å². The summed E-state index contributed by atoms with van der Waals surface area (Å²) in [5, 5.41) is 16.7. The first-order valence-corrected chi connectivity index (χ1v) is 8.60. The van der Waals surface area contributed by atoms with Crippen LogP contribution in [0.2, 0.25) is 0 Å². The summed E-state index contributed by atoms with van der Waals surface area (Å²) >= 11 is 0. The highest BCUT2D eigenvalue weighted by molar-refractivity contribution is 5.77. The molecule has 1 fully saturated rings. The number of amides is 2. The topological polar surface area (TPSA) is 109 Å².